The molecule has 1 fully saturated rings. The molecule has 0 aromatic heterocycles. The summed E-state index contributed by atoms with van der Waals surface area (Å²) in [5.41, 5.74) is -2.91. The second kappa shape index (κ2) is 3.02. The van der Waals surface area contributed by atoms with Gasteiger partial charge in [0.05, 0.1) is 24.3 Å². The monoisotopic (exact) mass is 184 g/mol. The quantitative estimate of drug-likeness (QED) is 0.569. The maximum Gasteiger partial charge on any atom is 0.177 e. The molecule has 1 atom stereocenters. The van der Waals surface area contributed by atoms with Gasteiger partial charge in [0.25, 0.3) is 0 Å². The van der Waals surface area contributed by atoms with Crippen LogP contribution < -0.4 is 0 Å². The van der Waals surface area contributed by atoms with E-state index in [1.165, 1.54) is 0 Å². The summed E-state index contributed by atoms with van der Waals surface area (Å²) in [7, 11) is 0. The van der Waals surface area contributed by atoms with Gasteiger partial charge in [-0.15, -0.1) is 0 Å². The lowest BCUT2D eigenvalue weighted by Crippen LogP contribution is -2.36. The summed E-state index contributed by atoms with van der Waals surface area (Å²) in [4.78, 5) is 0. The summed E-state index contributed by atoms with van der Waals surface area (Å²) in [6.45, 7) is 1.74. The molecular weight excluding hydrogens is 176 g/mol. The summed E-state index contributed by atoms with van der Waals surface area (Å²) in [5.74, 6) is -0.225. The Balaban J connectivity index is 3.42. The second-order valence-electron chi connectivity index (χ2n) is 3.60. The third kappa shape index (κ3) is 0.834. The second-order valence-corrected chi connectivity index (χ2v) is 3.60. The summed E-state index contributed by atoms with van der Waals surface area (Å²) >= 11 is 0. The molecule has 0 heterocycles. The fraction of sp³-hybridized carbons (Fsp3) is 0.600. The van der Waals surface area contributed by atoms with Crippen LogP contribution in [0.5, 0.6) is 0 Å². The van der Waals surface area contributed by atoms with E-state index in [-0.39, 0.29) is 5.92 Å². The smallest absolute Gasteiger partial charge is 0.177 e. The van der Waals surface area contributed by atoms with Crippen LogP contribution in [0.15, 0.2) is 0 Å². The molecule has 0 saturated heterocycles. The molecule has 1 aliphatic carbocycles. The minimum atomic E-state index is -1.46. The molecule has 0 amide bonds. The van der Waals surface area contributed by atoms with Crippen molar-refractivity contribution < 1.29 is 0 Å². The third-order valence-electron chi connectivity index (χ3n) is 3.10. The fourth-order valence-corrected chi connectivity index (χ4v) is 2.02. The van der Waals surface area contributed by atoms with Crippen LogP contribution in [0, 0.1) is 62.1 Å². The summed E-state index contributed by atoms with van der Waals surface area (Å²) < 4.78 is 0. The number of nitriles is 4. The highest BCUT2D eigenvalue weighted by Crippen LogP contribution is 2.55. The lowest BCUT2D eigenvalue weighted by Gasteiger charge is -2.25. The molecule has 0 radical (unpaired) electrons. The Morgan fingerprint density at radius 3 is 1.79 bits per heavy atom. The molecule has 68 valence electrons. The number of nitrogens with zero attached hydrogens (tertiary/aromatic N) is 4. The van der Waals surface area contributed by atoms with E-state index in [1.54, 1.807) is 6.92 Å². The van der Waals surface area contributed by atoms with Crippen molar-refractivity contribution >= 4 is 0 Å². The van der Waals surface area contributed by atoms with Crippen LogP contribution in [0.4, 0.5) is 0 Å². The summed E-state index contributed by atoms with van der Waals surface area (Å²) in [6.07, 6.45) is 0.879. The van der Waals surface area contributed by atoms with Crippen LogP contribution in [0.1, 0.15) is 19.8 Å². The first-order chi connectivity index (χ1) is 6.62. The Morgan fingerprint density at radius 1 is 1.00 bits per heavy atom. The Kier molecular flexibility index (Phi) is 2.17. The minimum Gasteiger partial charge on any atom is -0.196 e. The van der Waals surface area contributed by atoms with Gasteiger partial charge in [0.15, 0.2) is 10.8 Å². The molecule has 0 aromatic carbocycles. The zero-order chi connectivity index (χ0) is 10.8. The molecular formula is C10H8N4. The Labute approximate surface area is 82.6 Å². The van der Waals surface area contributed by atoms with Gasteiger partial charge in [-0.1, -0.05) is 6.92 Å². The van der Waals surface area contributed by atoms with E-state index in [4.69, 9.17) is 21.0 Å². The van der Waals surface area contributed by atoms with Crippen molar-refractivity contribution in [2.24, 2.45) is 16.7 Å². The average Bonchev–Trinajstić information content (AvgIpc) is 2.52. The minimum absolute atomic E-state index is 0.225. The normalized spacial score (nSPS) is 26.5. The maximum atomic E-state index is 9.01. The highest BCUT2D eigenvalue weighted by Gasteiger charge is 2.62. The van der Waals surface area contributed by atoms with Gasteiger partial charge in [0.2, 0.25) is 0 Å². The largest absolute Gasteiger partial charge is 0.196 e. The zero-order valence-electron chi connectivity index (χ0n) is 7.78. The third-order valence-corrected chi connectivity index (χ3v) is 3.10. The lowest BCUT2D eigenvalue weighted by atomic mass is 9.66. The van der Waals surface area contributed by atoms with E-state index >= 15 is 0 Å². The summed E-state index contributed by atoms with van der Waals surface area (Å²) in [5, 5.41) is 35.9. The molecule has 1 saturated carbocycles. The molecule has 1 unspecified atom stereocenters. The van der Waals surface area contributed by atoms with E-state index in [0.717, 1.165) is 0 Å². The Bertz CT molecular complexity index is 381. The van der Waals surface area contributed by atoms with Gasteiger partial charge >= 0.3 is 0 Å². The van der Waals surface area contributed by atoms with Crippen molar-refractivity contribution in [1.29, 1.82) is 21.0 Å². The predicted octanol–water partition coefficient (Wildman–Crippen LogP) is 1.48. The molecule has 0 aromatic rings. The molecule has 4 nitrogen and oxygen atoms in total. The van der Waals surface area contributed by atoms with E-state index in [1.807, 2.05) is 24.3 Å². The van der Waals surface area contributed by atoms with Crippen molar-refractivity contribution in [3.05, 3.63) is 0 Å². The van der Waals surface area contributed by atoms with Crippen LogP contribution >= 0.6 is 0 Å². The van der Waals surface area contributed by atoms with Crippen molar-refractivity contribution in [3.63, 3.8) is 0 Å². The van der Waals surface area contributed by atoms with Gasteiger partial charge in [0.1, 0.15) is 0 Å². The summed E-state index contributed by atoms with van der Waals surface area (Å²) in [6, 6.07) is 7.42. The fourth-order valence-electron chi connectivity index (χ4n) is 2.02. The first-order valence-corrected chi connectivity index (χ1v) is 4.27. The SMILES string of the molecule is CC1CCC(C#N)(C#N)C1(C#N)C#N. The van der Waals surface area contributed by atoms with Gasteiger partial charge in [0, 0.05) is 0 Å². The van der Waals surface area contributed by atoms with Gasteiger partial charge in [-0.05, 0) is 18.8 Å². The van der Waals surface area contributed by atoms with Crippen molar-refractivity contribution in [2.45, 2.75) is 19.8 Å². The number of hydrogen-bond donors (Lipinski definition) is 0. The number of rotatable bonds is 0. The van der Waals surface area contributed by atoms with Crippen molar-refractivity contribution in [2.75, 3.05) is 0 Å². The molecule has 4 heteroatoms. The highest BCUT2D eigenvalue weighted by atomic mass is 14.6. The van der Waals surface area contributed by atoms with Crippen LogP contribution in [0.2, 0.25) is 0 Å². The highest BCUT2D eigenvalue weighted by molar-refractivity contribution is 5.37. The Hall–Kier alpha value is -2.04. The van der Waals surface area contributed by atoms with E-state index in [0.29, 0.717) is 12.8 Å². The van der Waals surface area contributed by atoms with E-state index in [2.05, 4.69) is 0 Å². The molecule has 1 rings (SSSR count). The van der Waals surface area contributed by atoms with Crippen molar-refractivity contribution in [1.82, 2.24) is 0 Å². The predicted molar refractivity (Wildman–Crippen MR) is 45.7 cm³/mol. The molecule has 0 aliphatic heterocycles. The van der Waals surface area contributed by atoms with Crippen LogP contribution in [-0.2, 0) is 0 Å². The van der Waals surface area contributed by atoms with Gasteiger partial charge < -0.3 is 0 Å². The van der Waals surface area contributed by atoms with Crippen molar-refractivity contribution in [3.8, 4) is 24.3 Å². The van der Waals surface area contributed by atoms with Crippen LogP contribution in [-0.4, -0.2) is 0 Å². The molecule has 0 spiro atoms. The molecule has 14 heavy (non-hydrogen) atoms. The van der Waals surface area contributed by atoms with Gasteiger partial charge in [-0.2, -0.15) is 21.0 Å². The maximum absolute atomic E-state index is 9.01. The molecule has 1 aliphatic rings. The molecule has 0 N–H and O–H groups in total. The van der Waals surface area contributed by atoms with E-state index in [9.17, 15) is 0 Å². The van der Waals surface area contributed by atoms with Crippen LogP contribution in [0.25, 0.3) is 0 Å². The van der Waals surface area contributed by atoms with Crippen LogP contribution in [0.3, 0.4) is 0 Å². The van der Waals surface area contributed by atoms with Gasteiger partial charge in [-0.3, -0.25) is 0 Å². The average molecular weight is 184 g/mol. The Morgan fingerprint density at radius 2 is 1.50 bits per heavy atom. The first-order valence-electron chi connectivity index (χ1n) is 4.27. The lowest BCUT2D eigenvalue weighted by molar-refractivity contribution is 0.296. The number of hydrogen-bond acceptors (Lipinski definition) is 4. The first kappa shape index (κ1) is 10.0. The van der Waals surface area contributed by atoms with E-state index < -0.39 is 10.8 Å². The van der Waals surface area contributed by atoms with Gasteiger partial charge in [-0.25, -0.2) is 0 Å². The molecule has 0 bridgehead atoms. The zero-order valence-corrected chi connectivity index (χ0v) is 7.78. The standard InChI is InChI=1S/C10H8N4/c1-8-2-3-9(4-11,5-12)10(8,6-13)7-14/h8H,2-3H2,1H3. The topological polar surface area (TPSA) is 95.2 Å².